The zero-order valence-corrected chi connectivity index (χ0v) is 15.1. The number of rotatable bonds is 5. The maximum atomic E-state index is 12.5. The van der Waals surface area contributed by atoms with Crippen molar-refractivity contribution in [1.29, 1.82) is 0 Å². The summed E-state index contributed by atoms with van der Waals surface area (Å²) < 4.78 is 5.96. The van der Waals surface area contributed by atoms with E-state index < -0.39 is 0 Å². The predicted octanol–water partition coefficient (Wildman–Crippen LogP) is 4.02. The van der Waals surface area contributed by atoms with Crippen LogP contribution in [0.3, 0.4) is 0 Å². The van der Waals surface area contributed by atoms with Crippen LogP contribution in [0.4, 0.5) is 10.5 Å². The summed E-state index contributed by atoms with van der Waals surface area (Å²) in [5, 5.41) is 12.2. The van der Waals surface area contributed by atoms with Crippen LogP contribution in [-0.2, 0) is 0 Å². The lowest BCUT2D eigenvalue weighted by molar-refractivity contribution is 0.139. The van der Waals surface area contributed by atoms with Crippen molar-refractivity contribution in [1.82, 2.24) is 4.90 Å². The Balaban J connectivity index is 1.48. The van der Waals surface area contributed by atoms with Gasteiger partial charge in [-0.2, -0.15) is 0 Å². The van der Waals surface area contributed by atoms with Crippen molar-refractivity contribution < 1.29 is 14.6 Å². The lowest BCUT2D eigenvalue weighted by Crippen LogP contribution is -2.42. The Morgan fingerprint density at radius 1 is 1.12 bits per heavy atom. The molecule has 2 amide bonds. The number of anilines is 1. The number of carbonyl (C=O) groups is 1. The molecule has 2 fully saturated rings. The molecule has 2 aliphatic carbocycles. The number of carbonyl (C=O) groups excluding carboxylic acids is 1. The SMILES string of the molecule is CN(C(=O)Nc1ccc(OC2CCCC2)cc1)C1CCC(CO)CC1. The number of hydrogen-bond donors (Lipinski definition) is 2. The summed E-state index contributed by atoms with van der Waals surface area (Å²) in [4.78, 5) is 14.3. The first-order chi connectivity index (χ1) is 12.2. The van der Waals surface area contributed by atoms with Crippen molar-refractivity contribution in [3.63, 3.8) is 0 Å². The average Bonchev–Trinajstić information content (AvgIpc) is 3.16. The van der Waals surface area contributed by atoms with Gasteiger partial charge < -0.3 is 20.1 Å². The summed E-state index contributed by atoms with van der Waals surface area (Å²) >= 11 is 0. The number of aliphatic hydroxyl groups excluding tert-OH is 1. The van der Waals surface area contributed by atoms with Gasteiger partial charge in [-0.1, -0.05) is 0 Å². The Bertz CT molecular complexity index is 547. The monoisotopic (exact) mass is 346 g/mol. The molecule has 0 aliphatic heterocycles. The van der Waals surface area contributed by atoms with E-state index in [1.807, 2.05) is 31.3 Å². The van der Waals surface area contributed by atoms with Gasteiger partial charge in [0, 0.05) is 25.4 Å². The number of amides is 2. The second-order valence-electron chi connectivity index (χ2n) is 7.45. The average molecular weight is 346 g/mol. The largest absolute Gasteiger partial charge is 0.490 e. The van der Waals surface area contributed by atoms with Crippen molar-refractivity contribution in [2.75, 3.05) is 19.0 Å². The van der Waals surface area contributed by atoms with Crippen LogP contribution in [0, 0.1) is 5.92 Å². The van der Waals surface area contributed by atoms with Gasteiger partial charge >= 0.3 is 6.03 Å². The fourth-order valence-electron chi connectivity index (χ4n) is 3.91. The zero-order chi connectivity index (χ0) is 17.6. The van der Waals surface area contributed by atoms with Crippen LogP contribution in [0.1, 0.15) is 51.4 Å². The molecule has 1 aromatic carbocycles. The normalized spacial score (nSPS) is 24.1. The number of aliphatic hydroxyl groups is 1. The minimum absolute atomic E-state index is 0.0723. The minimum atomic E-state index is -0.0723. The van der Waals surface area contributed by atoms with E-state index in [1.54, 1.807) is 4.90 Å². The van der Waals surface area contributed by atoms with Crippen LogP contribution in [0.2, 0.25) is 0 Å². The van der Waals surface area contributed by atoms with Crippen molar-refractivity contribution in [2.45, 2.75) is 63.5 Å². The van der Waals surface area contributed by atoms with Crippen molar-refractivity contribution in [3.05, 3.63) is 24.3 Å². The van der Waals surface area contributed by atoms with E-state index in [0.717, 1.165) is 50.0 Å². The maximum absolute atomic E-state index is 12.5. The number of ether oxygens (including phenoxy) is 1. The predicted molar refractivity (Wildman–Crippen MR) is 98.9 cm³/mol. The van der Waals surface area contributed by atoms with Gasteiger partial charge in [-0.15, -0.1) is 0 Å². The lowest BCUT2D eigenvalue weighted by Gasteiger charge is -2.34. The first-order valence-corrected chi connectivity index (χ1v) is 9.57. The van der Waals surface area contributed by atoms with Crippen LogP contribution in [-0.4, -0.2) is 41.8 Å². The lowest BCUT2D eigenvalue weighted by atomic mass is 9.86. The molecular weight excluding hydrogens is 316 g/mol. The van der Waals surface area contributed by atoms with E-state index in [-0.39, 0.29) is 18.7 Å². The van der Waals surface area contributed by atoms with E-state index in [4.69, 9.17) is 4.74 Å². The summed E-state index contributed by atoms with van der Waals surface area (Å²) in [6.45, 7) is 0.262. The molecule has 5 heteroatoms. The Labute approximate surface area is 150 Å². The number of hydrogen-bond acceptors (Lipinski definition) is 3. The Kier molecular flexibility index (Phi) is 6.19. The van der Waals surface area contributed by atoms with Gasteiger partial charge in [-0.25, -0.2) is 4.79 Å². The van der Waals surface area contributed by atoms with Gasteiger partial charge in [-0.05, 0) is 81.5 Å². The van der Waals surface area contributed by atoms with Crippen LogP contribution in [0.5, 0.6) is 5.75 Å². The van der Waals surface area contributed by atoms with Gasteiger partial charge in [0.05, 0.1) is 6.10 Å². The molecule has 0 aromatic heterocycles. The Morgan fingerprint density at radius 2 is 1.76 bits per heavy atom. The third-order valence-electron chi connectivity index (χ3n) is 5.65. The molecule has 138 valence electrons. The van der Waals surface area contributed by atoms with Crippen LogP contribution in [0.15, 0.2) is 24.3 Å². The molecule has 25 heavy (non-hydrogen) atoms. The molecule has 1 aromatic rings. The van der Waals surface area contributed by atoms with Crippen molar-refractivity contribution in [3.8, 4) is 5.75 Å². The van der Waals surface area contributed by atoms with Gasteiger partial charge in [0.15, 0.2) is 0 Å². The summed E-state index contributed by atoms with van der Waals surface area (Å²) in [5.41, 5.74) is 0.791. The highest BCUT2D eigenvalue weighted by molar-refractivity contribution is 5.89. The first kappa shape index (κ1) is 18.1. The molecule has 3 rings (SSSR count). The van der Waals surface area contributed by atoms with Crippen LogP contribution < -0.4 is 10.1 Å². The molecule has 0 unspecified atom stereocenters. The molecule has 5 nitrogen and oxygen atoms in total. The molecule has 0 atom stereocenters. The van der Waals surface area contributed by atoms with Crippen LogP contribution >= 0.6 is 0 Å². The standard InChI is InChI=1S/C20H30N2O3/c1-22(17-10-6-15(14-23)7-11-17)20(24)21-16-8-12-19(13-9-16)25-18-4-2-3-5-18/h8-9,12-13,15,17-18,23H,2-7,10-11,14H2,1H3,(H,21,24). The molecule has 0 saturated heterocycles. The van der Waals surface area contributed by atoms with Gasteiger partial charge in [-0.3, -0.25) is 0 Å². The van der Waals surface area contributed by atoms with Gasteiger partial charge in [0.2, 0.25) is 0 Å². The van der Waals surface area contributed by atoms with Crippen molar-refractivity contribution >= 4 is 11.7 Å². The van der Waals surface area contributed by atoms with Crippen molar-refractivity contribution in [2.24, 2.45) is 5.92 Å². The highest BCUT2D eigenvalue weighted by Crippen LogP contribution is 2.28. The molecule has 0 radical (unpaired) electrons. The Morgan fingerprint density at radius 3 is 2.36 bits per heavy atom. The first-order valence-electron chi connectivity index (χ1n) is 9.57. The number of nitrogens with zero attached hydrogens (tertiary/aromatic N) is 1. The minimum Gasteiger partial charge on any atom is -0.490 e. The second kappa shape index (κ2) is 8.56. The summed E-state index contributed by atoms with van der Waals surface area (Å²) in [6.07, 6.45) is 9.05. The number of benzene rings is 1. The summed E-state index contributed by atoms with van der Waals surface area (Å²) in [5.74, 6) is 1.28. The van der Waals surface area contributed by atoms with E-state index in [2.05, 4.69) is 5.32 Å². The molecule has 2 N–H and O–H groups in total. The quantitative estimate of drug-likeness (QED) is 0.846. The Hall–Kier alpha value is -1.75. The van der Waals surface area contributed by atoms with E-state index in [1.165, 1.54) is 12.8 Å². The number of urea groups is 1. The molecule has 0 bridgehead atoms. The third kappa shape index (κ3) is 4.88. The third-order valence-corrected chi connectivity index (χ3v) is 5.65. The van der Waals surface area contributed by atoms with E-state index in [0.29, 0.717) is 12.0 Å². The maximum Gasteiger partial charge on any atom is 0.321 e. The molecule has 2 saturated carbocycles. The smallest absolute Gasteiger partial charge is 0.321 e. The highest BCUT2D eigenvalue weighted by Gasteiger charge is 2.26. The van der Waals surface area contributed by atoms with Gasteiger partial charge in [0.25, 0.3) is 0 Å². The second-order valence-corrected chi connectivity index (χ2v) is 7.45. The molecule has 0 spiro atoms. The molecule has 0 heterocycles. The topological polar surface area (TPSA) is 61.8 Å². The summed E-state index contributed by atoms with van der Waals surface area (Å²) in [7, 11) is 1.86. The van der Waals surface area contributed by atoms with Gasteiger partial charge in [0.1, 0.15) is 5.75 Å². The van der Waals surface area contributed by atoms with E-state index >= 15 is 0 Å². The van der Waals surface area contributed by atoms with Crippen LogP contribution in [0.25, 0.3) is 0 Å². The number of nitrogens with one attached hydrogen (secondary N) is 1. The van der Waals surface area contributed by atoms with E-state index in [9.17, 15) is 9.90 Å². The fourth-order valence-corrected chi connectivity index (χ4v) is 3.91. The molecule has 2 aliphatic rings. The fraction of sp³-hybridized carbons (Fsp3) is 0.650. The zero-order valence-electron chi connectivity index (χ0n) is 15.1. The summed E-state index contributed by atoms with van der Waals surface area (Å²) in [6, 6.07) is 7.85. The highest BCUT2D eigenvalue weighted by atomic mass is 16.5. The molecular formula is C20H30N2O3.